The van der Waals surface area contributed by atoms with Crippen LogP contribution in [0, 0.1) is 11.7 Å². The van der Waals surface area contributed by atoms with Gasteiger partial charge in [0.1, 0.15) is 17.4 Å². The molecule has 1 aliphatic heterocycles. The van der Waals surface area contributed by atoms with E-state index in [0.717, 1.165) is 0 Å². The summed E-state index contributed by atoms with van der Waals surface area (Å²) in [5, 5.41) is 11.3. The van der Waals surface area contributed by atoms with Crippen molar-refractivity contribution in [3.05, 3.63) is 34.0 Å². The number of halogens is 2. The van der Waals surface area contributed by atoms with E-state index in [2.05, 4.69) is 15.5 Å². The summed E-state index contributed by atoms with van der Waals surface area (Å²) in [4.78, 5) is 26.0. The highest BCUT2D eigenvalue weighted by molar-refractivity contribution is 7.15. The van der Waals surface area contributed by atoms with Gasteiger partial charge >= 0.3 is 0 Å². The molecular formula is C15H14ClFN4O3S. The summed E-state index contributed by atoms with van der Waals surface area (Å²) in [6, 6.07) is 4.02. The van der Waals surface area contributed by atoms with Gasteiger partial charge in [-0.25, -0.2) is 4.39 Å². The summed E-state index contributed by atoms with van der Waals surface area (Å²) in [6.07, 6.45) is 0.0601. The number of carbonyl (C=O) groups is 2. The maximum atomic E-state index is 13.3. The van der Waals surface area contributed by atoms with Gasteiger partial charge in [-0.3, -0.25) is 9.59 Å². The van der Waals surface area contributed by atoms with Crippen molar-refractivity contribution in [2.75, 3.05) is 23.9 Å². The molecule has 0 unspecified atom stereocenters. The zero-order valence-electron chi connectivity index (χ0n) is 13.2. The van der Waals surface area contributed by atoms with Crippen molar-refractivity contribution in [2.45, 2.75) is 13.0 Å². The lowest BCUT2D eigenvalue weighted by atomic mass is 10.1. The monoisotopic (exact) mass is 384 g/mol. The second-order valence-electron chi connectivity index (χ2n) is 5.43. The molecule has 1 saturated heterocycles. The summed E-state index contributed by atoms with van der Waals surface area (Å²) in [5.41, 5.74) is 0.463. The first-order valence-electron chi connectivity index (χ1n) is 7.35. The highest BCUT2D eigenvalue weighted by atomic mass is 35.5. The summed E-state index contributed by atoms with van der Waals surface area (Å²) >= 11 is 6.97. The number of methoxy groups -OCH3 is 1. The van der Waals surface area contributed by atoms with Crippen LogP contribution in [0.15, 0.2) is 18.2 Å². The number of nitrogens with zero attached hydrogens (tertiary/aromatic N) is 3. The van der Waals surface area contributed by atoms with Gasteiger partial charge in [0.25, 0.3) is 0 Å². The molecule has 1 aliphatic rings. The highest BCUT2D eigenvalue weighted by Crippen LogP contribution is 2.29. The van der Waals surface area contributed by atoms with E-state index in [1.165, 1.54) is 34.4 Å². The zero-order valence-corrected chi connectivity index (χ0v) is 14.7. The number of hydrogen-bond donors (Lipinski definition) is 1. The summed E-state index contributed by atoms with van der Waals surface area (Å²) in [7, 11) is 1.54. The van der Waals surface area contributed by atoms with E-state index in [1.807, 2.05) is 0 Å². The fourth-order valence-electron chi connectivity index (χ4n) is 2.48. The minimum atomic E-state index is -0.561. The Morgan fingerprint density at radius 2 is 2.32 bits per heavy atom. The molecule has 7 nitrogen and oxygen atoms in total. The van der Waals surface area contributed by atoms with Gasteiger partial charge in [-0.05, 0) is 18.2 Å². The van der Waals surface area contributed by atoms with E-state index in [9.17, 15) is 14.0 Å². The number of rotatable bonds is 5. The number of amides is 2. The molecule has 1 N–H and O–H groups in total. The van der Waals surface area contributed by atoms with Crippen LogP contribution in [0.3, 0.4) is 0 Å². The van der Waals surface area contributed by atoms with Crippen molar-refractivity contribution in [1.82, 2.24) is 10.2 Å². The van der Waals surface area contributed by atoms with Crippen LogP contribution in [0.1, 0.15) is 11.4 Å². The third kappa shape index (κ3) is 3.94. The number of hydrogen-bond acceptors (Lipinski definition) is 6. The van der Waals surface area contributed by atoms with Gasteiger partial charge in [-0.2, -0.15) is 0 Å². The van der Waals surface area contributed by atoms with E-state index >= 15 is 0 Å². The molecule has 1 aromatic carbocycles. The van der Waals surface area contributed by atoms with Gasteiger partial charge in [-0.1, -0.05) is 22.9 Å². The predicted octanol–water partition coefficient (Wildman–Crippen LogP) is 2.47. The van der Waals surface area contributed by atoms with Crippen LogP contribution in [0.25, 0.3) is 0 Å². The lowest BCUT2D eigenvalue weighted by Crippen LogP contribution is -2.28. The number of benzene rings is 1. The Labute approximate surface area is 151 Å². The van der Waals surface area contributed by atoms with Crippen LogP contribution in [0.4, 0.5) is 15.2 Å². The summed E-state index contributed by atoms with van der Waals surface area (Å²) < 4.78 is 18.2. The van der Waals surface area contributed by atoms with Crippen molar-refractivity contribution < 1.29 is 18.7 Å². The molecule has 1 atom stereocenters. The van der Waals surface area contributed by atoms with Gasteiger partial charge in [0.15, 0.2) is 0 Å². The topological polar surface area (TPSA) is 84.4 Å². The second-order valence-corrected chi connectivity index (χ2v) is 6.90. The maximum absolute atomic E-state index is 13.3. The number of aromatic nitrogens is 2. The predicted molar refractivity (Wildman–Crippen MR) is 91.1 cm³/mol. The number of carbonyl (C=O) groups excluding carboxylic acids is 2. The van der Waals surface area contributed by atoms with Crippen molar-refractivity contribution in [3.63, 3.8) is 0 Å². The van der Waals surface area contributed by atoms with Crippen LogP contribution in [0.2, 0.25) is 5.02 Å². The van der Waals surface area contributed by atoms with Gasteiger partial charge in [0.2, 0.25) is 16.9 Å². The molecule has 1 aromatic heterocycles. The SMILES string of the molecule is COCc1nnc(NC(=O)[C@H]2CC(=O)N(c3ccc(F)c(Cl)c3)C2)s1. The average molecular weight is 385 g/mol. The van der Waals surface area contributed by atoms with Crippen LogP contribution >= 0.6 is 22.9 Å². The zero-order chi connectivity index (χ0) is 18.0. The molecule has 2 aromatic rings. The Morgan fingerprint density at radius 1 is 1.52 bits per heavy atom. The third-order valence-corrected chi connectivity index (χ3v) is 4.78. The normalized spacial score (nSPS) is 17.2. The molecule has 0 radical (unpaired) electrons. The molecule has 1 fully saturated rings. The van der Waals surface area contributed by atoms with Crippen LogP contribution in [-0.2, 0) is 20.9 Å². The molecule has 0 saturated carbocycles. The van der Waals surface area contributed by atoms with Crippen LogP contribution in [-0.4, -0.2) is 35.7 Å². The van der Waals surface area contributed by atoms with E-state index < -0.39 is 11.7 Å². The van der Waals surface area contributed by atoms with Crippen molar-refractivity contribution in [3.8, 4) is 0 Å². The van der Waals surface area contributed by atoms with E-state index in [-0.39, 0.29) is 29.8 Å². The minimum absolute atomic E-state index is 0.0601. The smallest absolute Gasteiger partial charge is 0.231 e. The largest absolute Gasteiger partial charge is 0.377 e. The van der Waals surface area contributed by atoms with Gasteiger partial charge < -0.3 is 15.0 Å². The molecule has 0 bridgehead atoms. The maximum Gasteiger partial charge on any atom is 0.231 e. The fourth-order valence-corrected chi connectivity index (χ4v) is 3.37. The van der Waals surface area contributed by atoms with Gasteiger partial charge in [0, 0.05) is 25.8 Å². The Balaban J connectivity index is 1.66. The highest BCUT2D eigenvalue weighted by Gasteiger charge is 2.35. The Kier molecular flexibility index (Phi) is 5.26. The number of nitrogens with one attached hydrogen (secondary N) is 1. The molecule has 0 spiro atoms. The number of ether oxygens (including phenoxy) is 1. The lowest BCUT2D eigenvalue weighted by molar-refractivity contribution is -0.122. The van der Waals surface area contributed by atoms with Gasteiger partial charge in [0.05, 0.1) is 10.9 Å². The van der Waals surface area contributed by atoms with Gasteiger partial charge in [-0.15, -0.1) is 10.2 Å². The molecule has 2 amide bonds. The summed E-state index contributed by atoms with van der Waals surface area (Å²) in [6.45, 7) is 0.505. The van der Waals surface area contributed by atoms with Crippen molar-refractivity contribution in [2.24, 2.45) is 5.92 Å². The molecule has 25 heavy (non-hydrogen) atoms. The minimum Gasteiger partial charge on any atom is -0.377 e. The molecule has 2 heterocycles. The van der Waals surface area contributed by atoms with Crippen molar-refractivity contribution >= 4 is 45.6 Å². The van der Waals surface area contributed by atoms with E-state index in [0.29, 0.717) is 22.4 Å². The van der Waals surface area contributed by atoms with Crippen LogP contribution < -0.4 is 10.2 Å². The third-order valence-electron chi connectivity index (χ3n) is 3.68. The first-order chi connectivity index (χ1) is 12.0. The first kappa shape index (κ1) is 17.7. The van der Waals surface area contributed by atoms with E-state index in [4.69, 9.17) is 16.3 Å². The standard InChI is InChI=1S/C15H14ClFN4O3S/c1-24-7-12-19-20-15(25-12)18-14(23)8-4-13(22)21(6-8)9-2-3-11(17)10(16)5-9/h2-3,5,8H,4,6-7H2,1H3,(H,18,20,23)/t8-/m0/s1. The molecule has 10 heteroatoms. The number of anilines is 2. The quantitative estimate of drug-likeness (QED) is 0.856. The van der Waals surface area contributed by atoms with Crippen LogP contribution in [0.5, 0.6) is 0 Å². The molecular weight excluding hydrogens is 371 g/mol. The molecule has 3 rings (SSSR count). The molecule has 0 aliphatic carbocycles. The van der Waals surface area contributed by atoms with Crippen molar-refractivity contribution in [1.29, 1.82) is 0 Å². The lowest BCUT2D eigenvalue weighted by Gasteiger charge is -2.17. The molecule has 132 valence electrons. The van der Waals surface area contributed by atoms with E-state index in [1.54, 1.807) is 7.11 Å². The second kappa shape index (κ2) is 7.42. The Hall–Kier alpha value is -2.10. The Morgan fingerprint density at radius 3 is 3.04 bits per heavy atom. The Bertz CT molecular complexity index is 816. The summed E-state index contributed by atoms with van der Waals surface area (Å²) in [5.74, 6) is -1.63. The fraction of sp³-hybridized carbons (Fsp3) is 0.333. The first-order valence-corrected chi connectivity index (χ1v) is 8.55. The average Bonchev–Trinajstić information content (AvgIpc) is 3.17.